The molecule has 2 rings (SSSR count). The van der Waals surface area contributed by atoms with Crippen LogP contribution in [-0.2, 0) is 4.74 Å². The second kappa shape index (κ2) is 6.80. The molecule has 1 aromatic rings. The maximum atomic E-state index is 5.16. The summed E-state index contributed by atoms with van der Waals surface area (Å²) in [7, 11) is 1.76. The van der Waals surface area contributed by atoms with Crippen molar-refractivity contribution in [3.63, 3.8) is 0 Å². The molecular formula is C16H26N2O. The van der Waals surface area contributed by atoms with E-state index >= 15 is 0 Å². The van der Waals surface area contributed by atoms with Crippen molar-refractivity contribution in [2.75, 3.05) is 43.6 Å². The van der Waals surface area contributed by atoms with Gasteiger partial charge in [-0.25, -0.2) is 0 Å². The van der Waals surface area contributed by atoms with Gasteiger partial charge in [-0.05, 0) is 49.4 Å². The van der Waals surface area contributed by atoms with Gasteiger partial charge in [0.25, 0.3) is 0 Å². The fraction of sp³-hybridized carbons (Fsp3) is 0.625. The molecule has 0 bridgehead atoms. The first-order chi connectivity index (χ1) is 9.20. The summed E-state index contributed by atoms with van der Waals surface area (Å²) in [6.45, 7) is 8.55. The molecule has 0 saturated carbocycles. The summed E-state index contributed by atoms with van der Waals surface area (Å²) in [5.74, 6) is 0.530. The van der Waals surface area contributed by atoms with Crippen LogP contribution in [0.5, 0.6) is 0 Å². The minimum absolute atomic E-state index is 0.530. The molecule has 1 N–H and O–H groups in total. The minimum atomic E-state index is 0.530. The third kappa shape index (κ3) is 3.87. The highest BCUT2D eigenvalue weighted by Gasteiger charge is 2.13. The molecule has 19 heavy (non-hydrogen) atoms. The summed E-state index contributed by atoms with van der Waals surface area (Å²) in [6.07, 6.45) is 2.65. The minimum Gasteiger partial charge on any atom is -0.384 e. The van der Waals surface area contributed by atoms with E-state index in [4.69, 9.17) is 4.74 Å². The van der Waals surface area contributed by atoms with Crippen LogP contribution in [0.3, 0.4) is 0 Å². The summed E-state index contributed by atoms with van der Waals surface area (Å²) in [4.78, 5) is 2.48. The second-order valence-electron chi connectivity index (χ2n) is 5.63. The van der Waals surface area contributed by atoms with Crippen LogP contribution < -0.4 is 10.2 Å². The molecule has 0 aromatic heterocycles. The van der Waals surface area contributed by atoms with Gasteiger partial charge in [0.05, 0.1) is 6.61 Å². The van der Waals surface area contributed by atoms with Crippen molar-refractivity contribution in [2.45, 2.75) is 26.7 Å². The molecule has 1 aliphatic rings. The largest absolute Gasteiger partial charge is 0.384 e. The van der Waals surface area contributed by atoms with Gasteiger partial charge < -0.3 is 15.0 Å². The van der Waals surface area contributed by atoms with E-state index in [0.717, 1.165) is 13.2 Å². The van der Waals surface area contributed by atoms with E-state index in [-0.39, 0.29) is 0 Å². The van der Waals surface area contributed by atoms with Crippen molar-refractivity contribution < 1.29 is 4.74 Å². The Balaban J connectivity index is 1.94. The molecule has 1 unspecified atom stereocenters. The van der Waals surface area contributed by atoms with Crippen LogP contribution in [0.15, 0.2) is 18.2 Å². The van der Waals surface area contributed by atoms with Gasteiger partial charge in [-0.2, -0.15) is 0 Å². The number of anilines is 2. The Hall–Kier alpha value is -1.22. The maximum absolute atomic E-state index is 5.16. The molecule has 0 spiro atoms. The monoisotopic (exact) mass is 262 g/mol. The molecule has 1 atom stereocenters. The standard InChI is InChI=1S/C16H26N2O/c1-13(12-19-3)11-17-16-7-6-15(10-14(16)2)18-8-4-5-9-18/h6-7,10,13,17H,4-5,8-9,11-12H2,1-3H3. The van der Waals surface area contributed by atoms with Crippen LogP contribution >= 0.6 is 0 Å². The van der Waals surface area contributed by atoms with Crippen molar-refractivity contribution in [1.82, 2.24) is 0 Å². The average molecular weight is 262 g/mol. The van der Waals surface area contributed by atoms with Gasteiger partial charge in [-0.3, -0.25) is 0 Å². The highest BCUT2D eigenvalue weighted by atomic mass is 16.5. The molecule has 0 radical (unpaired) electrons. The van der Waals surface area contributed by atoms with E-state index in [1.165, 1.54) is 42.9 Å². The summed E-state index contributed by atoms with van der Waals surface area (Å²) in [5, 5.41) is 3.52. The number of methoxy groups -OCH3 is 1. The lowest BCUT2D eigenvalue weighted by molar-refractivity contribution is 0.164. The quantitative estimate of drug-likeness (QED) is 0.851. The van der Waals surface area contributed by atoms with E-state index < -0.39 is 0 Å². The number of aryl methyl sites for hydroxylation is 1. The summed E-state index contributed by atoms with van der Waals surface area (Å²) in [5.41, 5.74) is 3.94. The van der Waals surface area contributed by atoms with Crippen molar-refractivity contribution in [3.05, 3.63) is 23.8 Å². The van der Waals surface area contributed by atoms with Crippen LogP contribution in [0.25, 0.3) is 0 Å². The normalized spacial score (nSPS) is 16.7. The Bertz CT molecular complexity index is 400. The van der Waals surface area contributed by atoms with Crippen molar-refractivity contribution in [1.29, 1.82) is 0 Å². The third-order valence-electron chi connectivity index (χ3n) is 3.77. The van der Waals surface area contributed by atoms with Gasteiger partial charge in [0.15, 0.2) is 0 Å². The SMILES string of the molecule is COCC(C)CNc1ccc(N2CCCC2)cc1C. The molecule has 1 saturated heterocycles. The van der Waals surface area contributed by atoms with Gasteiger partial charge in [-0.1, -0.05) is 6.92 Å². The smallest absolute Gasteiger partial charge is 0.0504 e. The first-order valence-electron chi connectivity index (χ1n) is 7.29. The first kappa shape index (κ1) is 14.2. The lowest BCUT2D eigenvalue weighted by atomic mass is 10.1. The zero-order valence-corrected chi connectivity index (χ0v) is 12.4. The number of nitrogens with one attached hydrogen (secondary N) is 1. The maximum Gasteiger partial charge on any atom is 0.0504 e. The number of rotatable bonds is 6. The van der Waals surface area contributed by atoms with Crippen molar-refractivity contribution >= 4 is 11.4 Å². The van der Waals surface area contributed by atoms with Gasteiger partial charge in [0.2, 0.25) is 0 Å². The molecule has 0 aliphatic carbocycles. The zero-order chi connectivity index (χ0) is 13.7. The lowest BCUT2D eigenvalue weighted by Gasteiger charge is -2.20. The van der Waals surface area contributed by atoms with Gasteiger partial charge >= 0.3 is 0 Å². The van der Waals surface area contributed by atoms with Crippen molar-refractivity contribution in [3.8, 4) is 0 Å². The first-order valence-corrected chi connectivity index (χ1v) is 7.29. The molecule has 1 heterocycles. The Morgan fingerprint density at radius 2 is 2.05 bits per heavy atom. The van der Waals surface area contributed by atoms with E-state index in [0.29, 0.717) is 5.92 Å². The van der Waals surface area contributed by atoms with E-state index in [1.807, 2.05) is 0 Å². The molecule has 1 aliphatic heterocycles. The molecule has 1 aromatic carbocycles. The topological polar surface area (TPSA) is 24.5 Å². The number of nitrogens with zero attached hydrogens (tertiary/aromatic N) is 1. The molecule has 106 valence electrons. The predicted octanol–water partition coefficient (Wildman–Crippen LogP) is 3.29. The fourth-order valence-electron chi connectivity index (χ4n) is 2.65. The van der Waals surface area contributed by atoms with Gasteiger partial charge in [-0.15, -0.1) is 0 Å². The Morgan fingerprint density at radius 3 is 2.68 bits per heavy atom. The molecular weight excluding hydrogens is 236 g/mol. The molecule has 1 fully saturated rings. The summed E-state index contributed by atoms with van der Waals surface area (Å²) >= 11 is 0. The molecule has 0 amide bonds. The van der Waals surface area contributed by atoms with Crippen LogP contribution in [0.4, 0.5) is 11.4 Å². The van der Waals surface area contributed by atoms with Crippen molar-refractivity contribution in [2.24, 2.45) is 5.92 Å². The highest BCUT2D eigenvalue weighted by molar-refractivity contribution is 5.60. The highest BCUT2D eigenvalue weighted by Crippen LogP contribution is 2.25. The second-order valence-corrected chi connectivity index (χ2v) is 5.63. The van der Waals surface area contributed by atoms with Gasteiger partial charge in [0.1, 0.15) is 0 Å². The zero-order valence-electron chi connectivity index (χ0n) is 12.4. The van der Waals surface area contributed by atoms with Crippen LogP contribution in [0, 0.1) is 12.8 Å². The number of benzene rings is 1. The summed E-state index contributed by atoms with van der Waals surface area (Å²) in [6, 6.07) is 6.75. The number of hydrogen-bond donors (Lipinski definition) is 1. The van der Waals surface area contributed by atoms with Crippen LogP contribution in [0.2, 0.25) is 0 Å². The Labute approximate surface area is 116 Å². The molecule has 3 nitrogen and oxygen atoms in total. The average Bonchev–Trinajstić information content (AvgIpc) is 2.91. The Morgan fingerprint density at radius 1 is 1.32 bits per heavy atom. The third-order valence-corrected chi connectivity index (χ3v) is 3.77. The van der Waals surface area contributed by atoms with Gasteiger partial charge in [0, 0.05) is 38.1 Å². The van der Waals surface area contributed by atoms with E-state index in [2.05, 4.69) is 42.3 Å². The number of ether oxygens (including phenoxy) is 1. The lowest BCUT2D eigenvalue weighted by Crippen LogP contribution is -2.18. The van der Waals surface area contributed by atoms with E-state index in [1.54, 1.807) is 7.11 Å². The van der Waals surface area contributed by atoms with Crippen LogP contribution in [0.1, 0.15) is 25.3 Å². The van der Waals surface area contributed by atoms with Crippen LogP contribution in [-0.4, -0.2) is 33.4 Å². The molecule has 3 heteroatoms. The predicted molar refractivity (Wildman–Crippen MR) is 82.2 cm³/mol. The van der Waals surface area contributed by atoms with E-state index in [9.17, 15) is 0 Å². The fourth-order valence-corrected chi connectivity index (χ4v) is 2.65. The number of hydrogen-bond acceptors (Lipinski definition) is 3. The summed E-state index contributed by atoms with van der Waals surface area (Å²) < 4.78 is 5.16. The Kier molecular flexibility index (Phi) is 5.08.